The second-order valence-corrected chi connectivity index (χ2v) is 6.75. The van der Waals surface area contributed by atoms with E-state index >= 15 is 0 Å². The summed E-state index contributed by atoms with van der Waals surface area (Å²) >= 11 is 0. The summed E-state index contributed by atoms with van der Waals surface area (Å²) in [5, 5.41) is 12.4. The molecule has 1 heterocycles. The van der Waals surface area contributed by atoms with Crippen LogP contribution in [0.3, 0.4) is 0 Å². The van der Waals surface area contributed by atoms with Gasteiger partial charge in [0.1, 0.15) is 6.61 Å². The van der Waals surface area contributed by atoms with Gasteiger partial charge in [0.05, 0.1) is 12.5 Å². The van der Waals surface area contributed by atoms with Crippen LogP contribution in [0.25, 0.3) is 0 Å². The van der Waals surface area contributed by atoms with Crippen LogP contribution >= 0.6 is 0 Å². The van der Waals surface area contributed by atoms with Gasteiger partial charge in [-0.15, -0.1) is 0 Å². The largest absolute Gasteiger partial charge is 0.493 e. The van der Waals surface area contributed by atoms with Crippen molar-refractivity contribution in [2.24, 2.45) is 5.41 Å². The average Bonchev–Trinajstić information content (AvgIpc) is 2.64. The molecule has 0 aliphatic carbocycles. The predicted octanol–water partition coefficient (Wildman–Crippen LogP) is 3.26. The first-order chi connectivity index (χ1) is 12.4. The number of rotatable bonds is 10. The molecular formula is C20H26N2O4. The van der Waals surface area contributed by atoms with Crippen LogP contribution < -0.4 is 14.8 Å². The minimum Gasteiger partial charge on any atom is -0.493 e. The van der Waals surface area contributed by atoms with Crippen LogP contribution in [0.4, 0.5) is 0 Å². The van der Waals surface area contributed by atoms with E-state index in [2.05, 4.69) is 10.3 Å². The Morgan fingerprint density at radius 2 is 2.04 bits per heavy atom. The molecule has 6 nitrogen and oxygen atoms in total. The quantitative estimate of drug-likeness (QED) is 0.635. The minimum atomic E-state index is -0.783. The van der Waals surface area contributed by atoms with Crippen molar-refractivity contribution in [2.75, 3.05) is 13.7 Å². The number of ether oxygens (including phenoxy) is 2. The molecule has 2 aromatic rings. The second kappa shape index (κ2) is 9.20. The number of nitrogens with zero attached hydrogens (tertiary/aromatic N) is 1. The first kappa shape index (κ1) is 19.7. The van der Waals surface area contributed by atoms with Crippen LogP contribution in [0.5, 0.6) is 11.5 Å². The number of carbonyl (C=O) groups is 1. The van der Waals surface area contributed by atoms with Gasteiger partial charge in [-0.05, 0) is 50.6 Å². The molecule has 0 unspecified atom stereocenters. The van der Waals surface area contributed by atoms with Gasteiger partial charge >= 0.3 is 5.97 Å². The third-order valence-electron chi connectivity index (χ3n) is 4.18. The second-order valence-electron chi connectivity index (χ2n) is 6.75. The maximum Gasteiger partial charge on any atom is 0.309 e. The first-order valence-corrected chi connectivity index (χ1v) is 8.55. The highest BCUT2D eigenvalue weighted by molar-refractivity contribution is 5.73. The van der Waals surface area contributed by atoms with Crippen LogP contribution in [0.1, 0.15) is 31.4 Å². The number of hydrogen-bond donors (Lipinski definition) is 2. The van der Waals surface area contributed by atoms with Crippen LogP contribution in [-0.2, 0) is 17.9 Å². The Balaban J connectivity index is 1.92. The lowest BCUT2D eigenvalue weighted by Gasteiger charge is -2.19. The molecule has 140 valence electrons. The number of aliphatic carboxylic acids is 1. The van der Waals surface area contributed by atoms with Gasteiger partial charge < -0.3 is 19.9 Å². The highest BCUT2D eigenvalue weighted by Gasteiger charge is 2.26. The SMILES string of the molecule is COc1ccc(CNCCC(C)(C)C(=O)O)cc1OCc1cccnc1. The Hall–Kier alpha value is -2.60. The number of benzene rings is 1. The summed E-state index contributed by atoms with van der Waals surface area (Å²) < 4.78 is 11.2. The zero-order valence-electron chi connectivity index (χ0n) is 15.5. The fraction of sp³-hybridized carbons (Fsp3) is 0.400. The van der Waals surface area contributed by atoms with Gasteiger partial charge in [-0.25, -0.2) is 0 Å². The lowest BCUT2D eigenvalue weighted by molar-refractivity contribution is -0.147. The Labute approximate surface area is 154 Å². The molecule has 0 amide bonds. The molecule has 0 saturated carbocycles. The smallest absolute Gasteiger partial charge is 0.309 e. The van der Waals surface area contributed by atoms with Crippen LogP contribution in [0.15, 0.2) is 42.7 Å². The number of pyridine rings is 1. The van der Waals surface area contributed by atoms with E-state index in [0.717, 1.165) is 11.1 Å². The lowest BCUT2D eigenvalue weighted by atomic mass is 9.90. The van der Waals surface area contributed by atoms with E-state index in [-0.39, 0.29) is 0 Å². The molecule has 2 rings (SSSR count). The summed E-state index contributed by atoms with van der Waals surface area (Å²) in [5.74, 6) is 0.556. The summed E-state index contributed by atoms with van der Waals surface area (Å²) in [5.41, 5.74) is 1.29. The number of carboxylic acid groups (broad SMARTS) is 1. The van der Waals surface area contributed by atoms with E-state index in [0.29, 0.717) is 37.6 Å². The van der Waals surface area contributed by atoms with E-state index < -0.39 is 11.4 Å². The van der Waals surface area contributed by atoms with E-state index in [1.165, 1.54) is 0 Å². The third kappa shape index (κ3) is 5.74. The Bertz CT molecular complexity index is 717. The van der Waals surface area contributed by atoms with Crippen molar-refractivity contribution in [3.63, 3.8) is 0 Å². The van der Waals surface area contributed by atoms with Crippen molar-refractivity contribution in [3.8, 4) is 11.5 Å². The van der Waals surface area contributed by atoms with Gasteiger partial charge in [-0.2, -0.15) is 0 Å². The molecule has 0 spiro atoms. The molecule has 1 aromatic carbocycles. The molecular weight excluding hydrogens is 332 g/mol. The molecule has 6 heteroatoms. The Morgan fingerprint density at radius 3 is 2.69 bits per heavy atom. The topological polar surface area (TPSA) is 80.7 Å². The number of methoxy groups -OCH3 is 1. The lowest BCUT2D eigenvalue weighted by Crippen LogP contribution is -2.28. The number of aromatic nitrogens is 1. The maximum absolute atomic E-state index is 11.1. The van der Waals surface area contributed by atoms with Gasteiger partial charge in [-0.1, -0.05) is 12.1 Å². The van der Waals surface area contributed by atoms with Crippen LogP contribution in [-0.4, -0.2) is 29.7 Å². The molecule has 0 aliphatic rings. The molecule has 26 heavy (non-hydrogen) atoms. The van der Waals surface area contributed by atoms with Gasteiger partial charge in [0.2, 0.25) is 0 Å². The van der Waals surface area contributed by atoms with Crippen LogP contribution in [0.2, 0.25) is 0 Å². The Morgan fingerprint density at radius 1 is 1.23 bits per heavy atom. The van der Waals surface area contributed by atoms with E-state index in [1.807, 2.05) is 30.3 Å². The van der Waals surface area contributed by atoms with E-state index in [1.54, 1.807) is 33.4 Å². The van der Waals surface area contributed by atoms with Crippen LogP contribution in [0, 0.1) is 5.41 Å². The van der Waals surface area contributed by atoms with Crippen molar-refractivity contribution >= 4 is 5.97 Å². The number of carboxylic acids is 1. The molecule has 0 saturated heterocycles. The van der Waals surface area contributed by atoms with E-state index in [4.69, 9.17) is 14.6 Å². The molecule has 0 bridgehead atoms. The summed E-state index contributed by atoms with van der Waals surface area (Å²) in [6, 6.07) is 9.59. The van der Waals surface area contributed by atoms with Gasteiger partial charge in [0.25, 0.3) is 0 Å². The Kier molecular flexibility index (Phi) is 6.97. The molecule has 0 fully saturated rings. The number of hydrogen-bond acceptors (Lipinski definition) is 5. The van der Waals surface area contributed by atoms with Gasteiger partial charge in [-0.3, -0.25) is 9.78 Å². The van der Waals surface area contributed by atoms with E-state index in [9.17, 15) is 4.79 Å². The summed E-state index contributed by atoms with van der Waals surface area (Å²) in [6.45, 7) is 5.12. The average molecular weight is 358 g/mol. The third-order valence-corrected chi connectivity index (χ3v) is 4.18. The molecule has 2 N–H and O–H groups in total. The fourth-order valence-electron chi connectivity index (χ4n) is 2.33. The molecule has 1 aromatic heterocycles. The monoisotopic (exact) mass is 358 g/mol. The van der Waals surface area contributed by atoms with Gasteiger partial charge in [0.15, 0.2) is 11.5 Å². The molecule has 0 aliphatic heterocycles. The zero-order valence-corrected chi connectivity index (χ0v) is 15.5. The maximum atomic E-state index is 11.1. The summed E-state index contributed by atoms with van der Waals surface area (Å²) in [6.07, 6.45) is 4.05. The highest BCUT2D eigenvalue weighted by atomic mass is 16.5. The highest BCUT2D eigenvalue weighted by Crippen LogP contribution is 2.29. The number of nitrogens with one attached hydrogen (secondary N) is 1. The van der Waals surface area contributed by atoms with Crippen molar-refractivity contribution in [1.82, 2.24) is 10.3 Å². The summed E-state index contributed by atoms with van der Waals surface area (Å²) in [7, 11) is 1.61. The van der Waals surface area contributed by atoms with Gasteiger partial charge in [0, 0.05) is 24.5 Å². The molecule has 0 radical (unpaired) electrons. The zero-order chi connectivity index (χ0) is 19.0. The standard InChI is InChI=1S/C20H26N2O4/c1-20(2,19(23)24)8-10-22-12-15-6-7-17(25-3)18(11-15)26-14-16-5-4-9-21-13-16/h4-7,9,11,13,22H,8,10,12,14H2,1-3H3,(H,23,24). The van der Waals surface area contributed by atoms with Crippen molar-refractivity contribution in [1.29, 1.82) is 0 Å². The normalized spacial score (nSPS) is 11.2. The van der Waals surface area contributed by atoms with Crippen molar-refractivity contribution in [2.45, 2.75) is 33.4 Å². The minimum absolute atomic E-state index is 0.411. The first-order valence-electron chi connectivity index (χ1n) is 8.55. The summed E-state index contributed by atoms with van der Waals surface area (Å²) in [4.78, 5) is 15.2. The predicted molar refractivity (Wildman–Crippen MR) is 99.3 cm³/mol. The van der Waals surface area contributed by atoms with Crippen molar-refractivity contribution in [3.05, 3.63) is 53.9 Å². The van der Waals surface area contributed by atoms with Crippen molar-refractivity contribution < 1.29 is 19.4 Å². The molecule has 0 atom stereocenters. The fourth-order valence-corrected chi connectivity index (χ4v) is 2.33.